The molecule has 1 spiro atoms. The van der Waals surface area contributed by atoms with Gasteiger partial charge in [-0.15, -0.1) is 11.8 Å². The van der Waals surface area contributed by atoms with Crippen molar-refractivity contribution in [2.75, 3.05) is 0 Å². The number of rotatable bonds is 1. The van der Waals surface area contributed by atoms with Crippen LogP contribution in [0.25, 0.3) is 0 Å². The number of hydrogen-bond acceptors (Lipinski definition) is 3. The Morgan fingerprint density at radius 1 is 1.30 bits per heavy atom. The van der Waals surface area contributed by atoms with E-state index in [1.54, 1.807) is 11.8 Å². The summed E-state index contributed by atoms with van der Waals surface area (Å²) in [6, 6.07) is 0.653. The summed E-state index contributed by atoms with van der Waals surface area (Å²) in [6.45, 7) is 4.36. The van der Waals surface area contributed by atoms with Gasteiger partial charge in [-0.2, -0.15) is 0 Å². The van der Waals surface area contributed by atoms with Crippen LogP contribution in [-0.2, 0) is 4.79 Å². The summed E-state index contributed by atoms with van der Waals surface area (Å²) >= 11 is 1.75. The lowest BCUT2D eigenvalue weighted by atomic mass is 9.82. The Morgan fingerprint density at radius 2 is 2.09 bits per heavy atom. The molecule has 1 fully saturated rings. The van der Waals surface area contributed by atoms with Crippen molar-refractivity contribution in [3.05, 3.63) is 46.6 Å². The van der Waals surface area contributed by atoms with Gasteiger partial charge in [0.25, 0.3) is 5.91 Å². The number of aliphatic imine (C=N–C) groups is 1. The maximum atomic E-state index is 13.3. The van der Waals surface area contributed by atoms with Crippen molar-refractivity contribution in [1.82, 2.24) is 4.90 Å². The summed E-state index contributed by atoms with van der Waals surface area (Å²) in [4.78, 5) is 19.9. The molecule has 3 heterocycles. The molecular weight excluding hydrogens is 304 g/mol. The molecule has 0 radical (unpaired) electrons. The fourth-order valence-electron chi connectivity index (χ4n) is 4.18. The van der Waals surface area contributed by atoms with E-state index in [9.17, 15) is 4.79 Å². The van der Waals surface area contributed by atoms with E-state index >= 15 is 0 Å². The number of allylic oxidation sites excluding steroid dienone is 4. The molecule has 0 N–H and O–H groups in total. The van der Waals surface area contributed by atoms with Crippen LogP contribution in [0.1, 0.15) is 39.5 Å². The molecule has 1 saturated heterocycles. The van der Waals surface area contributed by atoms with Crippen molar-refractivity contribution in [3.63, 3.8) is 0 Å². The van der Waals surface area contributed by atoms with Crippen molar-refractivity contribution >= 4 is 23.9 Å². The lowest BCUT2D eigenvalue weighted by Gasteiger charge is -2.40. The molecule has 0 aromatic rings. The first-order valence-corrected chi connectivity index (χ1v) is 9.34. The molecule has 0 aromatic carbocycles. The molecule has 4 heteroatoms. The summed E-state index contributed by atoms with van der Waals surface area (Å²) in [5, 5.41) is 2.07. The molecule has 3 aliphatic heterocycles. The second-order valence-electron chi connectivity index (χ2n) is 6.86. The zero-order chi connectivity index (χ0) is 16.0. The summed E-state index contributed by atoms with van der Waals surface area (Å²) in [7, 11) is 0. The number of dihydropyridines is 1. The zero-order valence-corrected chi connectivity index (χ0v) is 14.5. The number of piperidine rings is 1. The van der Waals surface area contributed by atoms with Crippen LogP contribution in [0.5, 0.6) is 0 Å². The van der Waals surface area contributed by atoms with Gasteiger partial charge in [0, 0.05) is 18.3 Å². The van der Waals surface area contributed by atoms with Crippen molar-refractivity contribution in [2.45, 2.75) is 56.4 Å². The average Bonchev–Trinajstić information content (AvgIpc) is 2.92. The van der Waals surface area contributed by atoms with Crippen LogP contribution in [0.15, 0.2) is 51.5 Å². The summed E-state index contributed by atoms with van der Waals surface area (Å²) in [6.07, 6.45) is 14.5. The van der Waals surface area contributed by atoms with E-state index < -0.39 is 0 Å². The fraction of sp³-hybridized carbons (Fsp3) is 0.474. The molecule has 0 aromatic heterocycles. The van der Waals surface area contributed by atoms with Gasteiger partial charge in [-0.05, 0) is 62.7 Å². The van der Waals surface area contributed by atoms with Crippen molar-refractivity contribution in [2.24, 2.45) is 4.99 Å². The molecule has 4 rings (SSSR count). The van der Waals surface area contributed by atoms with E-state index in [0.29, 0.717) is 12.1 Å². The third-order valence-electron chi connectivity index (χ3n) is 5.43. The van der Waals surface area contributed by atoms with E-state index in [1.807, 2.05) is 12.3 Å². The smallest absolute Gasteiger partial charge is 0.255 e. The predicted octanol–water partition coefficient (Wildman–Crippen LogP) is 4.00. The molecule has 3 nitrogen and oxygen atoms in total. The number of nitrogens with zero attached hydrogens (tertiary/aromatic N) is 2. The monoisotopic (exact) mass is 326 g/mol. The molecule has 0 saturated carbocycles. The fourth-order valence-corrected chi connectivity index (χ4v) is 5.47. The van der Waals surface area contributed by atoms with Gasteiger partial charge in [-0.1, -0.05) is 12.2 Å². The summed E-state index contributed by atoms with van der Waals surface area (Å²) in [5.41, 5.74) is 3.09. The minimum Gasteiger partial charge on any atom is -0.333 e. The lowest BCUT2D eigenvalue weighted by Crippen LogP contribution is -2.48. The zero-order valence-electron chi connectivity index (χ0n) is 13.7. The van der Waals surface area contributed by atoms with Crippen LogP contribution in [0.2, 0.25) is 0 Å². The topological polar surface area (TPSA) is 32.7 Å². The lowest BCUT2D eigenvalue weighted by molar-refractivity contribution is -0.132. The molecule has 3 unspecified atom stereocenters. The first kappa shape index (κ1) is 15.0. The highest BCUT2D eigenvalue weighted by Gasteiger charge is 2.48. The molecule has 1 aliphatic carbocycles. The highest BCUT2D eigenvalue weighted by atomic mass is 32.2. The molecule has 0 bridgehead atoms. The number of carbonyl (C=O) groups is 1. The Morgan fingerprint density at radius 3 is 2.87 bits per heavy atom. The minimum absolute atomic E-state index is 0.170. The number of amides is 1. The Hall–Kier alpha value is -1.55. The molecule has 23 heavy (non-hydrogen) atoms. The maximum Gasteiger partial charge on any atom is 0.255 e. The van der Waals surface area contributed by atoms with Crippen molar-refractivity contribution in [3.8, 4) is 0 Å². The Labute approximate surface area is 141 Å². The predicted molar refractivity (Wildman–Crippen MR) is 96.4 cm³/mol. The van der Waals surface area contributed by atoms with Crippen LogP contribution in [0, 0.1) is 0 Å². The second kappa shape index (κ2) is 5.52. The van der Waals surface area contributed by atoms with Crippen LogP contribution < -0.4 is 0 Å². The van der Waals surface area contributed by atoms with E-state index in [-0.39, 0.29) is 10.7 Å². The Bertz CT molecular complexity index is 690. The van der Waals surface area contributed by atoms with Gasteiger partial charge in [0.05, 0.1) is 16.0 Å². The van der Waals surface area contributed by atoms with Crippen LogP contribution in [-0.4, -0.2) is 33.9 Å². The van der Waals surface area contributed by atoms with E-state index in [2.05, 4.69) is 47.4 Å². The minimum atomic E-state index is -0.170. The standard InChI is InChI=1S/C19H22N2OS/c1-13-6-5-7-14(2)21(13)18(22)15-12-23-19-10-4-3-8-17(19)20-11-9-16(15)19/h3-4,8-9,11-14H,5-7,10H2,1-2H3. The SMILES string of the molecule is CC1CCCC(C)N1C(=O)C1=CSC23CC=CC=C2N=CC=C13. The molecule has 4 aliphatic rings. The molecule has 1 amide bonds. The third kappa shape index (κ3) is 2.18. The van der Waals surface area contributed by atoms with E-state index in [4.69, 9.17) is 0 Å². The van der Waals surface area contributed by atoms with E-state index in [1.165, 1.54) is 6.42 Å². The van der Waals surface area contributed by atoms with Gasteiger partial charge in [0.15, 0.2) is 0 Å². The quantitative estimate of drug-likeness (QED) is 0.729. The van der Waals surface area contributed by atoms with Gasteiger partial charge >= 0.3 is 0 Å². The van der Waals surface area contributed by atoms with Gasteiger partial charge in [0.2, 0.25) is 0 Å². The largest absolute Gasteiger partial charge is 0.333 e. The number of hydrogen-bond donors (Lipinski definition) is 0. The van der Waals surface area contributed by atoms with Gasteiger partial charge < -0.3 is 4.90 Å². The highest BCUT2D eigenvalue weighted by Crippen LogP contribution is 2.55. The summed E-state index contributed by atoms with van der Waals surface area (Å²) < 4.78 is -0.170. The van der Waals surface area contributed by atoms with Crippen LogP contribution in [0.4, 0.5) is 0 Å². The van der Waals surface area contributed by atoms with Crippen LogP contribution >= 0.6 is 11.8 Å². The normalized spacial score (nSPS) is 35.2. The van der Waals surface area contributed by atoms with Crippen molar-refractivity contribution < 1.29 is 4.79 Å². The number of thioether (sulfide) groups is 1. The first-order valence-electron chi connectivity index (χ1n) is 8.46. The Kier molecular flexibility index (Phi) is 3.60. The van der Waals surface area contributed by atoms with Crippen molar-refractivity contribution in [1.29, 1.82) is 0 Å². The second-order valence-corrected chi connectivity index (χ2v) is 8.03. The molecular formula is C19H22N2OS. The van der Waals surface area contributed by atoms with Gasteiger partial charge in [0.1, 0.15) is 0 Å². The van der Waals surface area contributed by atoms with Crippen LogP contribution in [0.3, 0.4) is 0 Å². The maximum absolute atomic E-state index is 13.3. The Balaban J connectivity index is 1.67. The number of likely N-dealkylation sites (tertiary alicyclic amines) is 1. The molecule has 3 atom stereocenters. The summed E-state index contributed by atoms with van der Waals surface area (Å²) in [5.74, 6) is 0.199. The highest BCUT2D eigenvalue weighted by molar-refractivity contribution is 8.04. The molecule has 120 valence electrons. The van der Waals surface area contributed by atoms with E-state index in [0.717, 1.165) is 36.1 Å². The average molecular weight is 326 g/mol. The number of carbonyl (C=O) groups excluding carboxylic acids is 1. The van der Waals surface area contributed by atoms with Gasteiger partial charge in [-0.3, -0.25) is 9.79 Å². The first-order chi connectivity index (χ1) is 11.1. The van der Waals surface area contributed by atoms with Gasteiger partial charge in [-0.25, -0.2) is 0 Å². The third-order valence-corrected chi connectivity index (χ3v) is 6.78.